The van der Waals surface area contributed by atoms with Crippen LogP contribution in [0.3, 0.4) is 0 Å². The molecule has 0 aliphatic rings. The van der Waals surface area contributed by atoms with Crippen LogP contribution < -0.4 is 15.5 Å². The minimum Gasteiger partial charge on any atom is -0.488 e. The van der Waals surface area contributed by atoms with E-state index >= 15 is 0 Å². The van der Waals surface area contributed by atoms with E-state index in [4.69, 9.17) is 17.0 Å². The Hall–Kier alpha value is -2.92. The van der Waals surface area contributed by atoms with Crippen LogP contribution >= 0.6 is 12.2 Å². The smallest absolute Gasteiger partial charge is 0.186 e. The second-order valence-electron chi connectivity index (χ2n) is 5.69. The Morgan fingerprint density at radius 1 is 1.04 bits per heavy atom. The maximum Gasteiger partial charge on any atom is 0.186 e. The van der Waals surface area contributed by atoms with E-state index in [0.29, 0.717) is 11.7 Å². The molecule has 0 amide bonds. The minimum atomic E-state index is 0.495. The van der Waals surface area contributed by atoms with Crippen molar-refractivity contribution < 1.29 is 4.74 Å². The Morgan fingerprint density at radius 2 is 1.81 bits per heavy atom. The molecule has 0 radical (unpaired) electrons. The lowest BCUT2D eigenvalue weighted by molar-refractivity contribution is 0.307. The topological polar surface area (TPSA) is 45.7 Å². The third-order valence-electron chi connectivity index (χ3n) is 3.89. The van der Waals surface area contributed by atoms with Gasteiger partial charge in [-0.05, 0) is 47.6 Å². The molecule has 4 nitrogen and oxygen atoms in total. The molecule has 0 aliphatic heterocycles. The number of fused-ring (bicyclic) bond motifs is 1. The minimum absolute atomic E-state index is 0.495. The summed E-state index contributed by atoms with van der Waals surface area (Å²) in [6, 6.07) is 22.4. The van der Waals surface area contributed by atoms with Crippen LogP contribution in [-0.2, 0) is 6.61 Å². The van der Waals surface area contributed by atoms with Crippen molar-refractivity contribution in [2.45, 2.75) is 13.5 Å². The molecule has 5 heteroatoms. The molecule has 2 N–H and O–H groups in total. The monoisotopic (exact) mass is 363 g/mol. The van der Waals surface area contributed by atoms with Gasteiger partial charge < -0.3 is 10.1 Å². The summed E-state index contributed by atoms with van der Waals surface area (Å²) in [4.78, 5) is 0. The summed E-state index contributed by atoms with van der Waals surface area (Å²) in [7, 11) is 0. The molecule has 132 valence electrons. The molecule has 0 heterocycles. The highest BCUT2D eigenvalue weighted by Crippen LogP contribution is 2.22. The number of thiocarbonyl (C=S) groups is 1. The van der Waals surface area contributed by atoms with Crippen LogP contribution in [0.15, 0.2) is 71.8 Å². The van der Waals surface area contributed by atoms with Gasteiger partial charge in [-0.25, -0.2) is 0 Å². The molecule has 0 saturated heterocycles. The van der Waals surface area contributed by atoms with E-state index < -0.39 is 0 Å². The molecule has 0 fully saturated rings. The molecule has 0 spiro atoms. The highest BCUT2D eigenvalue weighted by atomic mass is 32.1. The van der Waals surface area contributed by atoms with E-state index in [1.807, 2.05) is 43.3 Å². The zero-order valence-corrected chi connectivity index (χ0v) is 15.4. The maximum atomic E-state index is 6.07. The molecule has 3 aromatic rings. The van der Waals surface area contributed by atoms with Gasteiger partial charge in [0.2, 0.25) is 0 Å². The van der Waals surface area contributed by atoms with E-state index in [9.17, 15) is 0 Å². The lowest BCUT2D eigenvalue weighted by atomic mass is 10.1. The van der Waals surface area contributed by atoms with Crippen molar-refractivity contribution in [1.29, 1.82) is 0 Å². The largest absolute Gasteiger partial charge is 0.488 e. The quantitative estimate of drug-likeness (QED) is 0.391. The third kappa shape index (κ3) is 4.58. The number of ether oxygens (including phenoxy) is 1. The van der Waals surface area contributed by atoms with Crippen LogP contribution in [0.2, 0.25) is 0 Å². The number of rotatable bonds is 6. The van der Waals surface area contributed by atoms with Gasteiger partial charge in [-0.15, -0.1) is 0 Å². The molecular weight excluding hydrogens is 342 g/mol. The summed E-state index contributed by atoms with van der Waals surface area (Å²) in [5.41, 5.74) is 4.83. The van der Waals surface area contributed by atoms with Crippen molar-refractivity contribution in [2.24, 2.45) is 5.10 Å². The number of hydrazone groups is 1. The Balaban J connectivity index is 1.72. The Morgan fingerprint density at radius 3 is 2.69 bits per heavy atom. The molecular formula is C21H21N3OS. The second kappa shape index (κ2) is 8.97. The predicted octanol–water partition coefficient (Wildman–Crippen LogP) is 4.24. The van der Waals surface area contributed by atoms with Crippen LogP contribution in [0, 0.1) is 0 Å². The number of nitrogens with one attached hydrogen (secondary N) is 2. The number of benzene rings is 3. The van der Waals surface area contributed by atoms with Crippen molar-refractivity contribution in [3.05, 3.63) is 77.9 Å². The number of nitrogens with zero attached hydrogens (tertiary/aromatic N) is 1. The van der Waals surface area contributed by atoms with Crippen molar-refractivity contribution in [3.8, 4) is 5.75 Å². The van der Waals surface area contributed by atoms with Gasteiger partial charge in [0, 0.05) is 12.1 Å². The van der Waals surface area contributed by atoms with E-state index in [-0.39, 0.29) is 0 Å². The summed E-state index contributed by atoms with van der Waals surface area (Å²) >= 11 is 5.09. The first-order valence-corrected chi connectivity index (χ1v) is 8.94. The van der Waals surface area contributed by atoms with E-state index in [1.54, 1.807) is 6.21 Å². The van der Waals surface area contributed by atoms with Gasteiger partial charge in [0.25, 0.3) is 0 Å². The lowest BCUT2D eigenvalue weighted by Crippen LogP contribution is -2.31. The second-order valence-corrected chi connectivity index (χ2v) is 6.10. The first kappa shape index (κ1) is 17.9. The molecule has 0 atom stereocenters. The van der Waals surface area contributed by atoms with Crippen LogP contribution in [-0.4, -0.2) is 17.9 Å². The van der Waals surface area contributed by atoms with E-state index in [1.165, 1.54) is 10.8 Å². The van der Waals surface area contributed by atoms with Gasteiger partial charge in [0.1, 0.15) is 12.4 Å². The lowest BCUT2D eigenvalue weighted by Gasteiger charge is -2.11. The van der Waals surface area contributed by atoms with Crippen LogP contribution in [0.4, 0.5) is 0 Å². The van der Waals surface area contributed by atoms with Crippen LogP contribution in [0.5, 0.6) is 5.75 Å². The Kier molecular flexibility index (Phi) is 6.17. The molecule has 0 unspecified atom stereocenters. The van der Waals surface area contributed by atoms with Crippen molar-refractivity contribution in [2.75, 3.05) is 6.54 Å². The van der Waals surface area contributed by atoms with Gasteiger partial charge >= 0.3 is 0 Å². The predicted molar refractivity (Wildman–Crippen MR) is 112 cm³/mol. The molecule has 0 saturated carbocycles. The van der Waals surface area contributed by atoms with E-state index in [0.717, 1.165) is 23.4 Å². The number of hydrogen-bond donors (Lipinski definition) is 2. The fourth-order valence-electron chi connectivity index (χ4n) is 2.65. The van der Waals surface area contributed by atoms with Crippen molar-refractivity contribution in [3.63, 3.8) is 0 Å². The van der Waals surface area contributed by atoms with Gasteiger partial charge in [-0.3, -0.25) is 5.43 Å². The molecule has 0 bridgehead atoms. The average Bonchev–Trinajstić information content (AvgIpc) is 2.67. The summed E-state index contributed by atoms with van der Waals surface area (Å²) in [5, 5.41) is 10.1. The Labute approximate surface area is 158 Å². The van der Waals surface area contributed by atoms with Crippen LogP contribution in [0.1, 0.15) is 18.1 Å². The number of para-hydroxylation sites is 1. The zero-order valence-electron chi connectivity index (χ0n) is 14.6. The Bertz CT molecular complexity index is 919. The maximum absolute atomic E-state index is 6.07. The highest BCUT2D eigenvalue weighted by molar-refractivity contribution is 7.80. The zero-order chi connectivity index (χ0) is 18.2. The molecule has 0 aliphatic carbocycles. The summed E-state index contributed by atoms with van der Waals surface area (Å²) in [5.74, 6) is 0.778. The summed E-state index contributed by atoms with van der Waals surface area (Å²) < 4.78 is 6.07. The highest BCUT2D eigenvalue weighted by Gasteiger charge is 2.04. The van der Waals surface area contributed by atoms with Crippen molar-refractivity contribution >= 4 is 34.3 Å². The SMILES string of the molecule is CCNC(=S)N/N=C/c1ccccc1OCc1cccc2ccccc12. The first-order valence-electron chi connectivity index (χ1n) is 8.53. The normalized spacial score (nSPS) is 10.8. The first-order chi connectivity index (χ1) is 12.8. The number of hydrogen-bond acceptors (Lipinski definition) is 3. The summed E-state index contributed by atoms with van der Waals surface area (Å²) in [6.45, 7) is 3.23. The molecule has 26 heavy (non-hydrogen) atoms. The van der Waals surface area contributed by atoms with Gasteiger partial charge in [0.05, 0.1) is 6.21 Å². The molecule has 3 aromatic carbocycles. The summed E-state index contributed by atoms with van der Waals surface area (Å²) in [6.07, 6.45) is 1.71. The fraction of sp³-hybridized carbons (Fsp3) is 0.143. The average molecular weight is 363 g/mol. The van der Waals surface area contributed by atoms with Gasteiger partial charge in [-0.1, -0.05) is 54.6 Å². The third-order valence-corrected chi connectivity index (χ3v) is 4.12. The fourth-order valence-corrected chi connectivity index (χ4v) is 2.85. The molecule has 3 rings (SSSR count). The standard InChI is InChI=1S/C21H21N3OS/c1-2-22-21(26)24-23-14-17-9-4-6-13-20(17)25-15-18-11-7-10-16-8-3-5-12-19(16)18/h3-14H,2,15H2,1H3,(H2,22,24,26)/b23-14+. The van der Waals surface area contributed by atoms with Crippen molar-refractivity contribution in [1.82, 2.24) is 10.7 Å². The van der Waals surface area contributed by atoms with Crippen LogP contribution in [0.25, 0.3) is 10.8 Å². The van der Waals surface area contributed by atoms with E-state index in [2.05, 4.69) is 46.2 Å². The van der Waals surface area contributed by atoms with Gasteiger partial charge in [-0.2, -0.15) is 5.10 Å². The van der Waals surface area contributed by atoms with Gasteiger partial charge in [0.15, 0.2) is 5.11 Å². The molecule has 0 aromatic heterocycles.